The van der Waals surface area contributed by atoms with Crippen molar-refractivity contribution in [2.24, 2.45) is 11.8 Å². The van der Waals surface area contributed by atoms with Crippen molar-refractivity contribution in [3.8, 4) is 0 Å². The Morgan fingerprint density at radius 2 is 1.69 bits per heavy atom. The zero-order valence-electron chi connectivity index (χ0n) is 8.53. The molecule has 1 saturated heterocycles. The first-order chi connectivity index (χ1) is 6.11. The Morgan fingerprint density at radius 1 is 1.08 bits per heavy atom. The van der Waals surface area contributed by atoms with Gasteiger partial charge in [-0.2, -0.15) is 5.92 Å². The standard InChI is InChI=1S/C10H18O3/c1-6-7(2)10(12-5)13-8(3)9(6)11-4/h6-10H,1-2H2,3-5H3/q-2. The van der Waals surface area contributed by atoms with E-state index in [4.69, 9.17) is 14.2 Å². The molecular weight excluding hydrogens is 168 g/mol. The van der Waals surface area contributed by atoms with Crippen molar-refractivity contribution in [2.75, 3.05) is 14.2 Å². The number of hydrogen-bond acceptors (Lipinski definition) is 3. The third-order valence-electron chi connectivity index (χ3n) is 2.64. The van der Waals surface area contributed by atoms with Gasteiger partial charge in [-0.15, -0.1) is 5.92 Å². The Bertz CT molecular complexity index is 160. The SMILES string of the molecule is [CH2-]C1C(OC)OC(C)C(OC)C1[CH2-]. The van der Waals surface area contributed by atoms with E-state index in [2.05, 4.69) is 13.8 Å². The molecule has 0 N–H and O–H groups in total. The molecule has 0 bridgehead atoms. The van der Waals surface area contributed by atoms with E-state index in [0.717, 1.165) is 0 Å². The predicted molar refractivity (Wildman–Crippen MR) is 49.8 cm³/mol. The van der Waals surface area contributed by atoms with Crippen LogP contribution in [0.15, 0.2) is 0 Å². The summed E-state index contributed by atoms with van der Waals surface area (Å²) in [6.07, 6.45) is -0.242. The summed E-state index contributed by atoms with van der Waals surface area (Å²) in [5, 5.41) is 0. The highest BCUT2D eigenvalue weighted by Gasteiger charge is 2.32. The lowest BCUT2D eigenvalue weighted by Gasteiger charge is -2.49. The predicted octanol–water partition coefficient (Wildman–Crippen LogP) is 1.29. The highest BCUT2D eigenvalue weighted by Crippen LogP contribution is 2.31. The molecule has 0 spiro atoms. The molecule has 5 atom stereocenters. The second-order valence-corrected chi connectivity index (χ2v) is 3.47. The summed E-state index contributed by atoms with van der Waals surface area (Å²) in [5.74, 6) is 0.129. The maximum absolute atomic E-state index is 5.57. The van der Waals surface area contributed by atoms with Crippen LogP contribution in [0.4, 0.5) is 0 Å². The summed E-state index contributed by atoms with van der Waals surface area (Å²) in [6, 6.07) is 0. The van der Waals surface area contributed by atoms with E-state index in [1.807, 2.05) is 6.92 Å². The molecule has 78 valence electrons. The first-order valence-corrected chi connectivity index (χ1v) is 4.49. The molecule has 0 aromatic rings. The molecule has 0 aliphatic carbocycles. The molecule has 1 aliphatic rings. The summed E-state index contributed by atoms with van der Waals surface area (Å²) < 4.78 is 16.0. The van der Waals surface area contributed by atoms with Crippen molar-refractivity contribution in [1.82, 2.24) is 0 Å². The van der Waals surface area contributed by atoms with Crippen LogP contribution in [0.1, 0.15) is 6.92 Å². The smallest absolute Gasteiger partial charge is 0.131 e. The second-order valence-electron chi connectivity index (χ2n) is 3.47. The van der Waals surface area contributed by atoms with Crippen LogP contribution in [-0.2, 0) is 14.2 Å². The molecule has 5 unspecified atom stereocenters. The Balaban J connectivity index is 2.66. The normalized spacial score (nSPS) is 46.4. The Hall–Kier alpha value is -0.120. The van der Waals surface area contributed by atoms with Crippen molar-refractivity contribution < 1.29 is 14.2 Å². The van der Waals surface area contributed by atoms with E-state index >= 15 is 0 Å². The van der Waals surface area contributed by atoms with Gasteiger partial charge in [-0.25, -0.2) is 0 Å². The van der Waals surface area contributed by atoms with Gasteiger partial charge in [0.05, 0.1) is 12.2 Å². The third-order valence-corrected chi connectivity index (χ3v) is 2.64. The zero-order chi connectivity index (χ0) is 10.0. The number of ether oxygens (including phenoxy) is 3. The largest absolute Gasteiger partial charge is 0.381 e. The molecule has 0 radical (unpaired) electrons. The van der Waals surface area contributed by atoms with Crippen LogP contribution in [0.3, 0.4) is 0 Å². The van der Waals surface area contributed by atoms with Crippen molar-refractivity contribution in [3.63, 3.8) is 0 Å². The van der Waals surface area contributed by atoms with Gasteiger partial charge < -0.3 is 28.1 Å². The van der Waals surface area contributed by atoms with Crippen molar-refractivity contribution in [1.29, 1.82) is 0 Å². The van der Waals surface area contributed by atoms with Gasteiger partial charge in [0.2, 0.25) is 0 Å². The fourth-order valence-electron chi connectivity index (χ4n) is 1.78. The fraction of sp³-hybridized carbons (Fsp3) is 0.800. The van der Waals surface area contributed by atoms with Crippen LogP contribution in [-0.4, -0.2) is 32.7 Å². The van der Waals surface area contributed by atoms with Crippen molar-refractivity contribution >= 4 is 0 Å². The van der Waals surface area contributed by atoms with Gasteiger partial charge in [0.25, 0.3) is 0 Å². The van der Waals surface area contributed by atoms with E-state index in [1.54, 1.807) is 14.2 Å². The van der Waals surface area contributed by atoms with E-state index in [9.17, 15) is 0 Å². The minimum Gasteiger partial charge on any atom is -0.381 e. The van der Waals surface area contributed by atoms with Crippen molar-refractivity contribution in [2.45, 2.75) is 25.4 Å². The van der Waals surface area contributed by atoms with Gasteiger partial charge in [-0.05, 0) is 6.92 Å². The molecule has 0 saturated carbocycles. The topological polar surface area (TPSA) is 27.7 Å². The summed E-state index contributed by atoms with van der Waals surface area (Å²) >= 11 is 0. The highest BCUT2D eigenvalue weighted by molar-refractivity contribution is 4.90. The van der Waals surface area contributed by atoms with Crippen LogP contribution in [0.5, 0.6) is 0 Å². The first-order valence-electron chi connectivity index (χ1n) is 4.49. The van der Waals surface area contributed by atoms with Gasteiger partial charge >= 0.3 is 0 Å². The Morgan fingerprint density at radius 3 is 2.15 bits per heavy atom. The lowest BCUT2D eigenvalue weighted by Crippen LogP contribution is -2.49. The minimum atomic E-state index is -0.260. The average molecular weight is 186 g/mol. The van der Waals surface area contributed by atoms with Crippen LogP contribution < -0.4 is 0 Å². The van der Waals surface area contributed by atoms with Crippen LogP contribution in [0.25, 0.3) is 0 Å². The Labute approximate surface area is 80.4 Å². The molecule has 0 aromatic heterocycles. The molecule has 0 aromatic carbocycles. The summed E-state index contributed by atoms with van der Waals surface area (Å²) in [6.45, 7) is 9.97. The molecule has 1 rings (SSSR count). The summed E-state index contributed by atoms with van der Waals surface area (Å²) in [5.41, 5.74) is 0. The molecule has 0 amide bonds. The minimum absolute atomic E-state index is 0.00824. The second kappa shape index (κ2) is 4.40. The molecule has 1 fully saturated rings. The molecule has 3 nitrogen and oxygen atoms in total. The number of rotatable bonds is 2. The van der Waals surface area contributed by atoms with E-state index in [-0.39, 0.29) is 30.3 Å². The molecule has 3 heteroatoms. The fourth-order valence-corrected chi connectivity index (χ4v) is 1.78. The number of methoxy groups -OCH3 is 2. The first kappa shape index (κ1) is 11.0. The quantitative estimate of drug-likeness (QED) is 0.608. The number of hydrogen-bond donors (Lipinski definition) is 0. The molecule has 13 heavy (non-hydrogen) atoms. The highest BCUT2D eigenvalue weighted by atomic mass is 16.7. The van der Waals surface area contributed by atoms with Crippen LogP contribution in [0.2, 0.25) is 0 Å². The van der Waals surface area contributed by atoms with E-state index in [0.29, 0.717) is 0 Å². The van der Waals surface area contributed by atoms with Crippen LogP contribution in [0, 0.1) is 25.7 Å². The Kier molecular flexibility index (Phi) is 3.71. The van der Waals surface area contributed by atoms with Crippen LogP contribution >= 0.6 is 0 Å². The van der Waals surface area contributed by atoms with Gasteiger partial charge in [-0.3, -0.25) is 0 Å². The molecular formula is C10H18O3-2. The average Bonchev–Trinajstić information content (AvgIpc) is 2.12. The summed E-state index contributed by atoms with van der Waals surface area (Å²) in [4.78, 5) is 0. The molecule has 1 aliphatic heterocycles. The zero-order valence-corrected chi connectivity index (χ0v) is 8.53. The monoisotopic (exact) mass is 186 g/mol. The molecule has 1 heterocycles. The lowest BCUT2D eigenvalue weighted by atomic mass is 9.85. The van der Waals surface area contributed by atoms with Gasteiger partial charge in [0.1, 0.15) is 6.29 Å². The van der Waals surface area contributed by atoms with E-state index < -0.39 is 0 Å². The van der Waals surface area contributed by atoms with Crippen molar-refractivity contribution in [3.05, 3.63) is 13.8 Å². The van der Waals surface area contributed by atoms with E-state index in [1.165, 1.54) is 0 Å². The van der Waals surface area contributed by atoms with Gasteiger partial charge in [-0.1, -0.05) is 0 Å². The van der Waals surface area contributed by atoms with Gasteiger partial charge in [0, 0.05) is 14.2 Å². The lowest BCUT2D eigenvalue weighted by molar-refractivity contribution is -0.244. The maximum Gasteiger partial charge on any atom is 0.131 e. The summed E-state index contributed by atoms with van der Waals surface area (Å²) in [7, 11) is 3.29. The maximum atomic E-state index is 5.57. The van der Waals surface area contributed by atoms with Gasteiger partial charge in [0.15, 0.2) is 0 Å². The third kappa shape index (κ3) is 2.03.